The molecule has 0 saturated heterocycles. The molecule has 5 N–H and O–H groups in total. The van der Waals surface area contributed by atoms with Crippen molar-refractivity contribution in [3.63, 3.8) is 0 Å². The van der Waals surface area contributed by atoms with Crippen molar-refractivity contribution < 1.29 is 33.9 Å². The van der Waals surface area contributed by atoms with E-state index in [1.54, 1.807) is 6.92 Å². The van der Waals surface area contributed by atoms with Crippen LogP contribution in [-0.4, -0.2) is 37.0 Å². The zero-order chi connectivity index (χ0) is 19.5. The average molecular weight is 388 g/mol. The molecular weight excluding hydrogens is 363 g/mol. The van der Waals surface area contributed by atoms with Gasteiger partial charge in [-0.15, -0.1) is 0 Å². The second-order valence-electron chi connectivity index (χ2n) is 6.77. The van der Waals surface area contributed by atoms with Crippen LogP contribution in [0.25, 0.3) is 0 Å². The Kier molecular flexibility index (Phi) is 6.76. The molecule has 1 saturated carbocycles. The molecule has 2 rings (SSSR count). The lowest BCUT2D eigenvalue weighted by molar-refractivity contribution is -0.143. The number of carboxylic acids is 1. The summed E-state index contributed by atoms with van der Waals surface area (Å²) in [4.78, 5) is 33.0. The molecule has 0 spiro atoms. The van der Waals surface area contributed by atoms with Crippen LogP contribution in [0.1, 0.15) is 43.0 Å². The Balaban J connectivity index is 2.13. The Hall–Kier alpha value is -1.51. The molecule has 0 radical (unpaired) electrons. The number of rotatable bonds is 7. The number of hydrogen-bond donors (Lipinski definition) is 5. The maximum absolute atomic E-state index is 11.2. The van der Waals surface area contributed by atoms with Crippen LogP contribution in [0, 0.1) is 18.8 Å². The van der Waals surface area contributed by atoms with Crippen molar-refractivity contribution in [3.05, 3.63) is 23.0 Å². The summed E-state index contributed by atoms with van der Waals surface area (Å²) in [6, 6.07) is -0.0340. The summed E-state index contributed by atoms with van der Waals surface area (Å²) in [5.41, 5.74) is 1.19. The van der Waals surface area contributed by atoms with Crippen LogP contribution >= 0.6 is 7.82 Å². The predicted octanol–water partition coefficient (Wildman–Crippen LogP) is 1.68. The molecule has 0 bridgehead atoms. The van der Waals surface area contributed by atoms with E-state index >= 15 is 0 Å². The number of nitrogens with zero attached hydrogens (tertiary/aromatic N) is 1. The first-order valence-corrected chi connectivity index (χ1v) is 9.94. The minimum atomic E-state index is -4.65. The van der Waals surface area contributed by atoms with E-state index in [0.29, 0.717) is 29.7 Å². The van der Waals surface area contributed by atoms with E-state index in [9.17, 15) is 19.6 Å². The van der Waals surface area contributed by atoms with Gasteiger partial charge >= 0.3 is 13.8 Å². The molecule has 1 aliphatic carbocycles. The van der Waals surface area contributed by atoms with E-state index in [2.05, 4.69) is 14.8 Å². The highest BCUT2D eigenvalue weighted by atomic mass is 31.2. The largest absolute Gasteiger partial charge is 0.506 e. The van der Waals surface area contributed by atoms with Crippen molar-refractivity contribution in [1.82, 2.24) is 10.3 Å². The van der Waals surface area contributed by atoms with Gasteiger partial charge in [-0.25, -0.2) is 4.57 Å². The molecule has 0 amide bonds. The fourth-order valence-corrected chi connectivity index (χ4v) is 3.53. The molecule has 26 heavy (non-hydrogen) atoms. The number of phosphoric acid groups is 1. The zero-order valence-electron chi connectivity index (χ0n) is 14.8. The maximum atomic E-state index is 11.2. The van der Waals surface area contributed by atoms with Crippen LogP contribution in [0.5, 0.6) is 5.75 Å². The topological polar surface area (TPSA) is 149 Å². The van der Waals surface area contributed by atoms with Gasteiger partial charge in [0.1, 0.15) is 5.75 Å². The maximum Gasteiger partial charge on any atom is 0.469 e. The molecule has 0 aliphatic heterocycles. The Bertz CT molecular complexity index is 706. The van der Waals surface area contributed by atoms with E-state index in [-0.39, 0.29) is 30.9 Å². The van der Waals surface area contributed by atoms with Gasteiger partial charge in [-0.1, -0.05) is 6.92 Å². The second kappa shape index (κ2) is 8.45. The zero-order valence-corrected chi connectivity index (χ0v) is 15.6. The third kappa shape index (κ3) is 5.49. The minimum absolute atomic E-state index is 0.0340. The SMILES string of the molecule is Cc1ncc(COP(=O)(O)O)c(CN[C@@H]2C[C@@H](C(=O)O)CC[C@@H]2C)c1O. The quantitative estimate of drug-likeness (QED) is 0.440. The number of hydrogen-bond acceptors (Lipinski definition) is 6. The molecule has 1 fully saturated rings. The summed E-state index contributed by atoms with van der Waals surface area (Å²) in [6.45, 7) is 3.50. The highest BCUT2D eigenvalue weighted by Gasteiger charge is 2.31. The molecule has 3 atom stereocenters. The fraction of sp³-hybridized carbons (Fsp3) is 0.625. The van der Waals surface area contributed by atoms with Gasteiger partial charge in [-0.05, 0) is 32.1 Å². The van der Waals surface area contributed by atoms with Gasteiger partial charge in [0.15, 0.2) is 0 Å². The molecule has 146 valence electrons. The van der Waals surface area contributed by atoms with E-state index in [1.807, 2.05) is 6.92 Å². The lowest BCUT2D eigenvalue weighted by Crippen LogP contribution is -2.41. The van der Waals surface area contributed by atoms with Crippen molar-refractivity contribution in [3.8, 4) is 5.75 Å². The number of aromatic nitrogens is 1. The van der Waals surface area contributed by atoms with Crippen molar-refractivity contribution in [2.24, 2.45) is 11.8 Å². The van der Waals surface area contributed by atoms with E-state index in [1.165, 1.54) is 6.20 Å². The molecule has 1 heterocycles. The highest BCUT2D eigenvalue weighted by Crippen LogP contribution is 2.38. The number of aryl methyl sites for hydroxylation is 1. The number of carbonyl (C=O) groups is 1. The van der Waals surface area contributed by atoms with Crippen LogP contribution < -0.4 is 5.32 Å². The third-order valence-corrected chi connectivity index (χ3v) is 5.37. The minimum Gasteiger partial charge on any atom is -0.506 e. The molecular formula is C16H25N2O7P. The average Bonchev–Trinajstić information content (AvgIpc) is 2.55. The summed E-state index contributed by atoms with van der Waals surface area (Å²) in [7, 11) is -4.65. The number of phosphoric ester groups is 1. The third-order valence-electron chi connectivity index (χ3n) is 4.90. The smallest absolute Gasteiger partial charge is 0.469 e. The number of pyridine rings is 1. The van der Waals surface area contributed by atoms with Gasteiger partial charge in [-0.3, -0.25) is 14.3 Å². The number of aromatic hydroxyl groups is 1. The number of carboxylic acid groups (broad SMARTS) is 1. The molecule has 0 unspecified atom stereocenters. The monoisotopic (exact) mass is 388 g/mol. The Morgan fingerprint density at radius 2 is 2.12 bits per heavy atom. The summed E-state index contributed by atoms with van der Waals surface area (Å²) >= 11 is 0. The second-order valence-corrected chi connectivity index (χ2v) is 8.01. The van der Waals surface area contributed by atoms with Crippen molar-refractivity contribution in [2.45, 2.75) is 52.3 Å². The van der Waals surface area contributed by atoms with Crippen LogP contribution in [0.3, 0.4) is 0 Å². The van der Waals surface area contributed by atoms with Crippen LogP contribution in [0.15, 0.2) is 6.20 Å². The molecule has 10 heteroatoms. The lowest BCUT2D eigenvalue weighted by atomic mass is 9.79. The predicted molar refractivity (Wildman–Crippen MR) is 92.2 cm³/mol. The summed E-state index contributed by atoms with van der Waals surface area (Å²) in [5.74, 6) is -0.982. The van der Waals surface area contributed by atoms with E-state index < -0.39 is 19.7 Å². The number of nitrogens with one attached hydrogen (secondary N) is 1. The van der Waals surface area contributed by atoms with Gasteiger partial charge in [0.05, 0.1) is 18.2 Å². The van der Waals surface area contributed by atoms with Crippen LogP contribution in [0.2, 0.25) is 0 Å². The van der Waals surface area contributed by atoms with Crippen LogP contribution in [-0.2, 0) is 27.0 Å². The van der Waals surface area contributed by atoms with E-state index in [0.717, 1.165) is 6.42 Å². The molecule has 1 aromatic rings. The van der Waals surface area contributed by atoms with Crippen LogP contribution in [0.4, 0.5) is 0 Å². The highest BCUT2D eigenvalue weighted by molar-refractivity contribution is 7.46. The Morgan fingerprint density at radius 1 is 1.42 bits per heavy atom. The Labute approximate surface area is 151 Å². The summed E-state index contributed by atoms with van der Waals surface area (Å²) in [5, 5.41) is 22.8. The fourth-order valence-electron chi connectivity index (χ4n) is 3.22. The van der Waals surface area contributed by atoms with Crippen molar-refractivity contribution in [2.75, 3.05) is 0 Å². The lowest BCUT2D eigenvalue weighted by Gasteiger charge is -2.33. The first-order valence-electron chi connectivity index (χ1n) is 8.41. The first kappa shape index (κ1) is 20.8. The summed E-state index contributed by atoms with van der Waals surface area (Å²) < 4.78 is 15.5. The molecule has 1 aromatic heterocycles. The van der Waals surface area contributed by atoms with Crippen molar-refractivity contribution in [1.29, 1.82) is 0 Å². The molecule has 0 aromatic carbocycles. The Morgan fingerprint density at radius 3 is 2.73 bits per heavy atom. The van der Waals surface area contributed by atoms with Crippen molar-refractivity contribution >= 4 is 13.8 Å². The first-order chi connectivity index (χ1) is 12.1. The molecule has 1 aliphatic rings. The number of aliphatic carboxylic acids is 1. The van der Waals surface area contributed by atoms with Gasteiger partial charge in [0, 0.05) is 29.9 Å². The van der Waals surface area contributed by atoms with E-state index in [4.69, 9.17) is 9.79 Å². The summed E-state index contributed by atoms with van der Waals surface area (Å²) in [6.07, 6.45) is 3.35. The van der Waals surface area contributed by atoms with Gasteiger partial charge < -0.3 is 25.3 Å². The van der Waals surface area contributed by atoms with Gasteiger partial charge in [0.2, 0.25) is 0 Å². The van der Waals surface area contributed by atoms with Gasteiger partial charge in [-0.2, -0.15) is 0 Å². The van der Waals surface area contributed by atoms with Gasteiger partial charge in [0.25, 0.3) is 0 Å². The normalized spacial score (nSPS) is 23.8. The standard InChI is InChI=1S/C16H25N2O7P/c1-9-3-4-11(16(20)21)5-14(9)18-7-13-12(8-25-26(22,23)24)6-17-10(2)15(13)19/h6,9,11,14,18-19H,3-5,7-8H2,1-2H3,(H,20,21)(H2,22,23,24)/t9-,11-,14+/m0/s1. The molecule has 9 nitrogen and oxygen atoms in total.